The topological polar surface area (TPSA) is 81.7 Å². The molecule has 19 heavy (non-hydrogen) atoms. The number of rotatable bonds is 9. The molecule has 0 saturated heterocycles. The molecule has 0 aliphatic heterocycles. The van der Waals surface area contributed by atoms with Crippen molar-refractivity contribution in [2.24, 2.45) is 5.92 Å². The van der Waals surface area contributed by atoms with Crippen LogP contribution >= 0.6 is 0 Å². The monoisotopic (exact) mass is 273 g/mol. The van der Waals surface area contributed by atoms with Crippen molar-refractivity contribution in [1.29, 1.82) is 0 Å². The van der Waals surface area contributed by atoms with Crippen LogP contribution in [0.25, 0.3) is 0 Å². The van der Waals surface area contributed by atoms with E-state index in [0.29, 0.717) is 13.0 Å². The second-order valence-electron chi connectivity index (χ2n) is 5.38. The fraction of sp³-hybridized carbons (Fsp3) is 0.846. The van der Waals surface area contributed by atoms with Gasteiger partial charge in [0.1, 0.15) is 0 Å². The molecule has 3 N–H and O–H groups in total. The Bertz CT molecular complexity index is 282. The third-order valence-corrected chi connectivity index (χ3v) is 2.85. The van der Waals surface area contributed by atoms with E-state index >= 15 is 0 Å². The predicted molar refractivity (Wildman–Crippen MR) is 75.2 cm³/mol. The summed E-state index contributed by atoms with van der Waals surface area (Å²) in [5.74, 6) is -0.632. The van der Waals surface area contributed by atoms with Crippen molar-refractivity contribution in [2.45, 2.75) is 39.2 Å². The number of carboxylic acids is 1. The van der Waals surface area contributed by atoms with E-state index in [2.05, 4.69) is 15.5 Å². The highest BCUT2D eigenvalue weighted by Gasteiger charge is 2.10. The fourth-order valence-electron chi connectivity index (χ4n) is 1.54. The lowest BCUT2D eigenvalue weighted by Gasteiger charge is -2.18. The normalized spacial score (nSPS) is 13.9. The summed E-state index contributed by atoms with van der Waals surface area (Å²) >= 11 is 0. The molecule has 0 fully saturated rings. The Morgan fingerprint density at radius 3 is 2.37 bits per heavy atom. The van der Waals surface area contributed by atoms with E-state index < -0.39 is 5.97 Å². The smallest absolute Gasteiger partial charge is 0.315 e. The summed E-state index contributed by atoms with van der Waals surface area (Å²) in [6.07, 6.45) is 1.62. The minimum Gasteiger partial charge on any atom is -0.481 e. The Kier molecular flexibility index (Phi) is 8.95. The van der Waals surface area contributed by atoms with Crippen LogP contribution < -0.4 is 10.6 Å². The van der Waals surface area contributed by atoms with Gasteiger partial charge in [-0.15, -0.1) is 0 Å². The molecule has 2 unspecified atom stereocenters. The molecule has 6 heteroatoms. The summed E-state index contributed by atoms with van der Waals surface area (Å²) in [5.41, 5.74) is 0. The van der Waals surface area contributed by atoms with Gasteiger partial charge >= 0.3 is 12.0 Å². The Balaban J connectivity index is 3.70. The number of hydrogen-bond donors (Lipinski definition) is 3. The molecule has 0 bridgehead atoms. The standard InChI is InChI=1S/C13H27N3O3/c1-10(5-6-12(17)18)9-14-13(19)15-11(2)7-8-16(3)4/h10-11H,5-9H2,1-4H3,(H,17,18)(H2,14,15,19). The van der Waals surface area contributed by atoms with Gasteiger partial charge in [-0.2, -0.15) is 0 Å². The molecule has 0 aromatic carbocycles. The molecular weight excluding hydrogens is 246 g/mol. The van der Waals surface area contributed by atoms with Crippen molar-refractivity contribution < 1.29 is 14.7 Å². The highest BCUT2D eigenvalue weighted by molar-refractivity contribution is 5.74. The summed E-state index contributed by atoms with van der Waals surface area (Å²) in [4.78, 5) is 24.1. The maximum Gasteiger partial charge on any atom is 0.315 e. The summed E-state index contributed by atoms with van der Waals surface area (Å²) < 4.78 is 0. The van der Waals surface area contributed by atoms with E-state index in [1.165, 1.54) is 0 Å². The van der Waals surface area contributed by atoms with E-state index in [-0.39, 0.29) is 24.4 Å². The van der Waals surface area contributed by atoms with Crippen LogP contribution in [0.4, 0.5) is 4.79 Å². The van der Waals surface area contributed by atoms with Crippen LogP contribution in [0.3, 0.4) is 0 Å². The lowest BCUT2D eigenvalue weighted by molar-refractivity contribution is -0.137. The SMILES string of the molecule is CC(CCC(=O)O)CNC(=O)NC(C)CCN(C)C. The molecule has 112 valence electrons. The van der Waals surface area contributed by atoms with Crippen molar-refractivity contribution in [3.63, 3.8) is 0 Å². The number of amides is 2. The van der Waals surface area contributed by atoms with Crippen molar-refractivity contribution in [1.82, 2.24) is 15.5 Å². The highest BCUT2D eigenvalue weighted by Crippen LogP contribution is 2.03. The molecule has 0 aliphatic carbocycles. The minimum absolute atomic E-state index is 0.122. The van der Waals surface area contributed by atoms with Crippen LogP contribution in [0, 0.1) is 5.92 Å². The van der Waals surface area contributed by atoms with Crippen molar-refractivity contribution in [3.8, 4) is 0 Å². The Hall–Kier alpha value is -1.30. The van der Waals surface area contributed by atoms with Crippen molar-refractivity contribution in [2.75, 3.05) is 27.2 Å². The molecule has 0 saturated carbocycles. The second kappa shape index (κ2) is 9.61. The first kappa shape index (κ1) is 17.7. The van der Waals surface area contributed by atoms with Gasteiger partial charge in [-0.1, -0.05) is 6.92 Å². The number of aliphatic carboxylic acids is 1. The average Bonchev–Trinajstić information content (AvgIpc) is 2.31. The predicted octanol–water partition coefficient (Wildman–Crippen LogP) is 1.13. The Morgan fingerprint density at radius 2 is 1.84 bits per heavy atom. The van der Waals surface area contributed by atoms with E-state index in [1.807, 2.05) is 27.9 Å². The number of nitrogens with one attached hydrogen (secondary N) is 2. The maximum atomic E-state index is 11.6. The summed E-state index contributed by atoms with van der Waals surface area (Å²) in [6.45, 7) is 5.33. The van der Waals surface area contributed by atoms with Gasteiger partial charge in [0, 0.05) is 19.0 Å². The number of hydrogen-bond acceptors (Lipinski definition) is 3. The number of carboxylic acid groups (broad SMARTS) is 1. The third-order valence-electron chi connectivity index (χ3n) is 2.85. The van der Waals surface area contributed by atoms with Gasteiger partial charge < -0.3 is 20.6 Å². The van der Waals surface area contributed by atoms with Gasteiger partial charge in [0.15, 0.2) is 0 Å². The minimum atomic E-state index is -0.798. The molecule has 0 aromatic heterocycles. The molecule has 6 nitrogen and oxygen atoms in total. The van der Waals surface area contributed by atoms with E-state index in [0.717, 1.165) is 13.0 Å². The number of nitrogens with zero attached hydrogens (tertiary/aromatic N) is 1. The van der Waals surface area contributed by atoms with Gasteiger partial charge in [0.2, 0.25) is 0 Å². The van der Waals surface area contributed by atoms with Gasteiger partial charge in [0.25, 0.3) is 0 Å². The van der Waals surface area contributed by atoms with Gasteiger partial charge in [-0.05, 0) is 46.3 Å². The quantitative estimate of drug-likeness (QED) is 0.588. The lowest BCUT2D eigenvalue weighted by atomic mass is 10.1. The van der Waals surface area contributed by atoms with E-state index in [4.69, 9.17) is 5.11 Å². The second-order valence-corrected chi connectivity index (χ2v) is 5.38. The number of carbonyl (C=O) groups is 2. The van der Waals surface area contributed by atoms with Crippen molar-refractivity contribution >= 4 is 12.0 Å². The first-order valence-electron chi connectivity index (χ1n) is 6.72. The van der Waals surface area contributed by atoms with Crippen LogP contribution in [0.5, 0.6) is 0 Å². The van der Waals surface area contributed by atoms with Gasteiger partial charge in [-0.25, -0.2) is 4.79 Å². The molecule has 0 spiro atoms. The average molecular weight is 273 g/mol. The molecular formula is C13H27N3O3. The highest BCUT2D eigenvalue weighted by atomic mass is 16.4. The summed E-state index contributed by atoms with van der Waals surface area (Å²) in [7, 11) is 3.99. The Labute approximate surface area is 115 Å². The molecule has 2 atom stereocenters. The lowest BCUT2D eigenvalue weighted by Crippen LogP contribution is -2.43. The first-order chi connectivity index (χ1) is 8.81. The molecule has 2 amide bonds. The van der Waals surface area contributed by atoms with Crippen LogP contribution in [-0.2, 0) is 4.79 Å². The zero-order chi connectivity index (χ0) is 14.8. The first-order valence-corrected chi connectivity index (χ1v) is 6.72. The number of urea groups is 1. The Morgan fingerprint density at radius 1 is 1.21 bits per heavy atom. The van der Waals surface area contributed by atoms with E-state index in [1.54, 1.807) is 0 Å². The summed E-state index contributed by atoms with van der Waals surface area (Å²) in [5, 5.41) is 14.2. The van der Waals surface area contributed by atoms with E-state index in [9.17, 15) is 9.59 Å². The number of carbonyl (C=O) groups excluding carboxylic acids is 1. The zero-order valence-electron chi connectivity index (χ0n) is 12.4. The molecule has 0 aliphatic rings. The van der Waals surface area contributed by atoms with Crippen LogP contribution in [0.15, 0.2) is 0 Å². The van der Waals surface area contributed by atoms with Crippen molar-refractivity contribution in [3.05, 3.63) is 0 Å². The molecule has 0 rings (SSSR count). The zero-order valence-corrected chi connectivity index (χ0v) is 12.4. The maximum absolute atomic E-state index is 11.6. The largest absolute Gasteiger partial charge is 0.481 e. The summed E-state index contributed by atoms with van der Waals surface area (Å²) in [6, 6.07) is -0.0647. The molecule has 0 radical (unpaired) electrons. The van der Waals surface area contributed by atoms with Crippen LogP contribution in [0.2, 0.25) is 0 Å². The molecule has 0 heterocycles. The molecule has 0 aromatic rings. The third kappa shape index (κ3) is 11.5. The van der Waals surface area contributed by atoms with Gasteiger partial charge in [0.05, 0.1) is 0 Å². The van der Waals surface area contributed by atoms with Crippen LogP contribution in [-0.4, -0.2) is 55.2 Å². The van der Waals surface area contributed by atoms with Crippen LogP contribution in [0.1, 0.15) is 33.1 Å². The van der Waals surface area contributed by atoms with Gasteiger partial charge in [-0.3, -0.25) is 4.79 Å². The fourth-order valence-corrected chi connectivity index (χ4v) is 1.54.